The Morgan fingerprint density at radius 1 is 0.471 bits per heavy atom. The van der Waals surface area contributed by atoms with Crippen LogP contribution in [0.5, 0.6) is 28.7 Å². The van der Waals surface area contributed by atoms with E-state index in [1.54, 1.807) is 0 Å². The number of rotatable bonds is 42. The normalized spacial score (nSPS) is 18.2. The van der Waals surface area contributed by atoms with Crippen LogP contribution in [0.15, 0.2) is 24.3 Å². The van der Waals surface area contributed by atoms with E-state index in [1.807, 2.05) is 24.3 Å². The molecule has 2 aromatic rings. The highest BCUT2D eigenvalue weighted by Crippen LogP contribution is 2.50. The van der Waals surface area contributed by atoms with Crippen molar-refractivity contribution in [2.24, 2.45) is 0 Å². The van der Waals surface area contributed by atoms with Crippen LogP contribution in [-0.2, 0) is 30.1 Å². The summed E-state index contributed by atoms with van der Waals surface area (Å²) in [6, 6.07) is 7.98. The van der Waals surface area contributed by atoms with Crippen molar-refractivity contribution in [1.82, 2.24) is 0 Å². The van der Waals surface area contributed by atoms with Gasteiger partial charge in [-0.3, -0.25) is 4.79 Å². The third-order valence-corrected chi connectivity index (χ3v) is 12.2. The van der Waals surface area contributed by atoms with Gasteiger partial charge in [0.2, 0.25) is 0 Å². The lowest BCUT2D eigenvalue weighted by Crippen LogP contribution is -2.58. The van der Waals surface area contributed by atoms with Gasteiger partial charge in [-0.05, 0) is 81.9 Å². The van der Waals surface area contributed by atoms with E-state index in [1.165, 1.54) is 0 Å². The molecule has 0 amide bonds. The van der Waals surface area contributed by atoms with Gasteiger partial charge in [0.25, 0.3) is 0 Å². The van der Waals surface area contributed by atoms with E-state index < -0.39 is 30.5 Å². The van der Waals surface area contributed by atoms with Crippen LogP contribution < -0.4 is 23.7 Å². The monoisotopic (exact) mass is 957 g/mol. The minimum absolute atomic E-state index is 0.0868. The Labute approximate surface area is 413 Å². The highest BCUT2D eigenvalue weighted by atomic mass is 16.6. The fraction of sp³-hybridized carbons (Fsp3) is 0.772. The molecule has 1 fully saturated rings. The zero-order chi connectivity index (χ0) is 49.2. The summed E-state index contributed by atoms with van der Waals surface area (Å²) in [6.07, 6.45) is 14.7. The number of unbranched alkanes of at least 4 members (excludes halogenated alkanes) is 9. The molecule has 5 unspecified atom stereocenters. The Balaban J connectivity index is 2.35. The average Bonchev–Trinajstić information content (AvgIpc) is 3.34. The van der Waals surface area contributed by atoms with Gasteiger partial charge in [0.1, 0.15) is 53.3 Å². The minimum Gasteiger partial charge on any atom is -0.493 e. The summed E-state index contributed by atoms with van der Waals surface area (Å²) in [4.78, 5) is 15.3. The summed E-state index contributed by atoms with van der Waals surface area (Å²) in [5.41, 5.74) is 2.05. The molecule has 0 aromatic heterocycles. The van der Waals surface area contributed by atoms with Crippen LogP contribution in [0.3, 0.4) is 0 Å². The molecule has 1 heterocycles. The lowest BCUT2D eigenvalue weighted by Gasteiger charge is -2.47. The van der Waals surface area contributed by atoms with E-state index in [4.69, 9.17) is 47.4 Å². The van der Waals surface area contributed by atoms with E-state index in [9.17, 15) is 0 Å². The summed E-state index contributed by atoms with van der Waals surface area (Å²) in [5.74, 6) is 2.83. The molecule has 1 aliphatic rings. The molecule has 0 bridgehead atoms. The molecule has 390 valence electrons. The van der Waals surface area contributed by atoms with Gasteiger partial charge < -0.3 is 47.4 Å². The predicted octanol–water partition coefficient (Wildman–Crippen LogP) is 14.2. The first-order chi connectivity index (χ1) is 33.4. The Morgan fingerprint density at radius 3 is 1.49 bits per heavy atom. The third-order valence-electron chi connectivity index (χ3n) is 12.2. The second-order valence-corrected chi connectivity index (χ2v) is 18.3. The van der Waals surface area contributed by atoms with Crippen LogP contribution in [0.2, 0.25) is 0 Å². The van der Waals surface area contributed by atoms with Gasteiger partial charge in [-0.2, -0.15) is 0 Å². The van der Waals surface area contributed by atoms with E-state index in [-0.39, 0.29) is 12.2 Å². The molecule has 1 saturated heterocycles. The highest BCUT2D eigenvalue weighted by molar-refractivity contribution is 6.02. The number of aryl methyl sites for hydroxylation is 1. The number of hydrogen-bond donors (Lipinski definition) is 0. The summed E-state index contributed by atoms with van der Waals surface area (Å²) < 4.78 is 67.4. The van der Waals surface area contributed by atoms with Crippen LogP contribution in [0, 0.1) is 0 Å². The average molecular weight is 957 g/mol. The van der Waals surface area contributed by atoms with Gasteiger partial charge in [-0.15, -0.1) is 0 Å². The van der Waals surface area contributed by atoms with E-state index in [0.29, 0.717) is 107 Å². The van der Waals surface area contributed by atoms with E-state index in [2.05, 4.69) is 62.3 Å². The van der Waals surface area contributed by atoms with Crippen LogP contribution >= 0.6 is 0 Å². The van der Waals surface area contributed by atoms with Gasteiger partial charge in [0, 0.05) is 38.9 Å². The SMILES string of the molecule is CCCCOCC1OC(c2c(OCCCC)cc(OCCCC)c(C(=O)CCc3ccc(OCCCC)c(OCCCC)c3)c2OCCCC)C(OCCCC)C(OCCCC)C1OCCCC. The molecule has 11 heteroatoms. The number of carbonyl (C=O) groups excluding carboxylic acids is 1. The molecule has 0 saturated carbocycles. The van der Waals surface area contributed by atoms with E-state index >= 15 is 4.79 Å². The molecule has 2 aromatic carbocycles. The van der Waals surface area contributed by atoms with Crippen LogP contribution in [-0.4, -0.2) is 96.3 Å². The molecule has 11 nitrogen and oxygen atoms in total. The summed E-state index contributed by atoms with van der Waals surface area (Å²) in [5, 5.41) is 0. The zero-order valence-electron chi connectivity index (χ0n) is 44.4. The maximum Gasteiger partial charge on any atom is 0.170 e. The molecule has 3 rings (SSSR count). The van der Waals surface area contributed by atoms with Gasteiger partial charge in [0.15, 0.2) is 17.3 Å². The van der Waals surface area contributed by atoms with Gasteiger partial charge in [-0.25, -0.2) is 0 Å². The second kappa shape index (κ2) is 36.8. The molecule has 0 aliphatic carbocycles. The number of ketones is 1. The van der Waals surface area contributed by atoms with Gasteiger partial charge >= 0.3 is 0 Å². The third kappa shape index (κ3) is 20.3. The number of benzene rings is 2. The highest BCUT2D eigenvalue weighted by Gasteiger charge is 2.51. The summed E-state index contributed by atoms with van der Waals surface area (Å²) >= 11 is 0. The van der Waals surface area contributed by atoms with Crippen molar-refractivity contribution in [1.29, 1.82) is 0 Å². The van der Waals surface area contributed by atoms with Crippen LogP contribution in [0.25, 0.3) is 0 Å². The molecule has 1 aliphatic heterocycles. The fourth-order valence-electron chi connectivity index (χ4n) is 7.88. The minimum atomic E-state index is -0.753. The van der Waals surface area contributed by atoms with Crippen molar-refractivity contribution >= 4 is 5.78 Å². The molecule has 5 atom stereocenters. The van der Waals surface area contributed by atoms with Crippen molar-refractivity contribution in [2.75, 3.05) is 66.1 Å². The lowest BCUT2D eigenvalue weighted by atomic mass is 9.87. The lowest BCUT2D eigenvalue weighted by molar-refractivity contribution is -0.268. The van der Waals surface area contributed by atoms with Crippen molar-refractivity contribution in [3.05, 3.63) is 41.0 Å². The first-order valence-electron chi connectivity index (χ1n) is 27.5. The first-order valence-corrected chi connectivity index (χ1v) is 27.5. The molecular formula is C57H96O11. The standard InChI is InChI=1S/C57H96O11/c1-10-19-32-59-43-50-53(64-37-24-15-6)56(66-39-26-17-8)57(67-40-27-18-9)55(68-50)52-49(63-36-23-14-5)42-48(62-35-22-13-4)51(54(52)65-38-25-16-7)45(58)30-28-44-29-31-46(60-33-20-11-2)47(41-44)61-34-21-12-3/h29,31,41-42,50,53,55-57H,10-28,30,32-40,43H2,1-9H3. The second-order valence-electron chi connectivity index (χ2n) is 18.3. The topological polar surface area (TPSA) is 109 Å². The van der Waals surface area contributed by atoms with E-state index in [0.717, 1.165) is 127 Å². The van der Waals surface area contributed by atoms with Crippen molar-refractivity contribution in [3.63, 3.8) is 0 Å². The first kappa shape index (κ1) is 59.2. The Kier molecular flexibility index (Phi) is 32.0. The Hall–Kier alpha value is -3.09. The van der Waals surface area contributed by atoms with Gasteiger partial charge in [0.05, 0.1) is 45.2 Å². The number of ether oxygens (including phenoxy) is 10. The largest absolute Gasteiger partial charge is 0.493 e. The molecule has 68 heavy (non-hydrogen) atoms. The van der Waals surface area contributed by atoms with Crippen LogP contribution in [0.4, 0.5) is 0 Å². The summed E-state index contributed by atoms with van der Waals surface area (Å²) in [6.45, 7) is 24.5. The quantitative estimate of drug-likeness (QED) is 0.0469. The number of carbonyl (C=O) groups is 1. The molecule has 0 N–H and O–H groups in total. The number of Topliss-reactive ketones (excluding diaryl/α,β-unsaturated/α-hetero) is 1. The molecule has 0 spiro atoms. The smallest absolute Gasteiger partial charge is 0.170 e. The van der Waals surface area contributed by atoms with Crippen LogP contribution in [0.1, 0.15) is 212 Å². The zero-order valence-corrected chi connectivity index (χ0v) is 44.4. The maximum atomic E-state index is 15.3. The molecular weight excluding hydrogens is 861 g/mol. The summed E-state index contributed by atoms with van der Waals surface area (Å²) in [7, 11) is 0. The Morgan fingerprint density at radius 2 is 0.926 bits per heavy atom. The number of hydrogen-bond acceptors (Lipinski definition) is 11. The maximum absolute atomic E-state index is 15.3. The van der Waals surface area contributed by atoms with Gasteiger partial charge in [-0.1, -0.05) is 126 Å². The fourth-order valence-corrected chi connectivity index (χ4v) is 7.88. The van der Waals surface area contributed by atoms with Crippen molar-refractivity contribution < 1.29 is 52.2 Å². The molecule has 0 radical (unpaired) electrons. The predicted molar refractivity (Wildman–Crippen MR) is 275 cm³/mol. The van der Waals surface area contributed by atoms with Crippen molar-refractivity contribution in [2.45, 2.75) is 221 Å². The Bertz CT molecular complexity index is 1600. The van der Waals surface area contributed by atoms with Crippen molar-refractivity contribution in [3.8, 4) is 28.7 Å².